The fourth-order valence-corrected chi connectivity index (χ4v) is 3.73. The molecule has 2 aromatic carbocycles. The third kappa shape index (κ3) is 3.11. The summed E-state index contributed by atoms with van der Waals surface area (Å²) in [6.07, 6.45) is 0. The van der Waals surface area contributed by atoms with Crippen molar-refractivity contribution in [3.63, 3.8) is 0 Å². The van der Waals surface area contributed by atoms with E-state index in [1.54, 1.807) is 12.1 Å². The first-order chi connectivity index (χ1) is 9.04. The van der Waals surface area contributed by atoms with Crippen LogP contribution < -0.4 is 4.74 Å². The summed E-state index contributed by atoms with van der Waals surface area (Å²) in [7, 11) is 1.53. The molecule has 0 N–H and O–H groups in total. The van der Waals surface area contributed by atoms with Gasteiger partial charge in [0.25, 0.3) is 0 Å². The van der Waals surface area contributed by atoms with Crippen LogP contribution in [0.5, 0.6) is 5.75 Å². The second-order valence-corrected chi connectivity index (χ2v) is 6.22. The first-order valence-electron chi connectivity index (χ1n) is 5.77. The van der Waals surface area contributed by atoms with Crippen molar-refractivity contribution in [3.8, 4) is 5.75 Å². The molecular formula is C15H13BrFIO. The molecule has 0 fully saturated rings. The van der Waals surface area contributed by atoms with Crippen LogP contribution in [0.2, 0.25) is 0 Å². The average molecular weight is 435 g/mol. The van der Waals surface area contributed by atoms with Crippen LogP contribution in [0.15, 0.2) is 36.4 Å². The number of aryl methyl sites for hydroxylation is 1. The van der Waals surface area contributed by atoms with Crippen LogP contribution in [-0.4, -0.2) is 7.11 Å². The molecule has 0 saturated heterocycles. The molecule has 2 aromatic rings. The minimum absolute atomic E-state index is 0.162. The summed E-state index contributed by atoms with van der Waals surface area (Å²) in [6.45, 7) is 2.05. The SMILES string of the molecule is COc1ccc(C(Br)c2cccc(C)c2I)c(F)c1. The number of benzene rings is 2. The molecular weight excluding hydrogens is 422 g/mol. The molecule has 1 unspecified atom stereocenters. The van der Waals surface area contributed by atoms with Crippen molar-refractivity contribution < 1.29 is 9.13 Å². The molecule has 0 heterocycles. The summed E-state index contributed by atoms with van der Waals surface area (Å²) >= 11 is 5.89. The van der Waals surface area contributed by atoms with Crippen molar-refractivity contribution in [1.82, 2.24) is 0 Å². The van der Waals surface area contributed by atoms with E-state index < -0.39 is 0 Å². The van der Waals surface area contributed by atoms with Gasteiger partial charge in [-0.1, -0.05) is 40.2 Å². The molecule has 0 bridgehead atoms. The Morgan fingerprint density at radius 2 is 1.95 bits per heavy atom. The maximum atomic E-state index is 14.1. The van der Waals surface area contributed by atoms with Gasteiger partial charge in [0.15, 0.2) is 0 Å². The summed E-state index contributed by atoms with van der Waals surface area (Å²) in [4.78, 5) is -0.162. The molecule has 100 valence electrons. The quantitative estimate of drug-likeness (QED) is 0.474. The fraction of sp³-hybridized carbons (Fsp3) is 0.200. The average Bonchev–Trinajstić information content (AvgIpc) is 2.41. The Labute approximate surface area is 134 Å². The lowest BCUT2D eigenvalue weighted by molar-refractivity contribution is 0.411. The number of alkyl halides is 1. The van der Waals surface area contributed by atoms with Gasteiger partial charge in [-0.3, -0.25) is 0 Å². The summed E-state index contributed by atoms with van der Waals surface area (Å²) < 4.78 is 20.3. The molecule has 4 heteroatoms. The van der Waals surface area contributed by atoms with Crippen molar-refractivity contribution >= 4 is 38.5 Å². The van der Waals surface area contributed by atoms with E-state index in [1.165, 1.54) is 18.7 Å². The number of ether oxygens (including phenoxy) is 1. The highest BCUT2D eigenvalue weighted by Crippen LogP contribution is 2.36. The van der Waals surface area contributed by atoms with Crippen LogP contribution in [-0.2, 0) is 0 Å². The Morgan fingerprint density at radius 1 is 1.21 bits per heavy atom. The Bertz CT molecular complexity index is 601. The minimum atomic E-state index is -0.265. The lowest BCUT2D eigenvalue weighted by Crippen LogP contribution is -2.00. The summed E-state index contributed by atoms with van der Waals surface area (Å²) in [5.74, 6) is 0.262. The number of methoxy groups -OCH3 is 1. The highest BCUT2D eigenvalue weighted by atomic mass is 127. The van der Waals surface area contributed by atoms with E-state index >= 15 is 0 Å². The molecule has 0 aliphatic heterocycles. The number of hydrogen-bond acceptors (Lipinski definition) is 1. The molecule has 0 amide bonds. The van der Waals surface area contributed by atoms with E-state index in [0.29, 0.717) is 11.3 Å². The van der Waals surface area contributed by atoms with Crippen molar-refractivity contribution in [2.45, 2.75) is 11.8 Å². The molecule has 1 nitrogen and oxygen atoms in total. The number of rotatable bonds is 3. The van der Waals surface area contributed by atoms with Gasteiger partial charge in [-0.2, -0.15) is 0 Å². The second kappa shape index (κ2) is 6.22. The van der Waals surface area contributed by atoms with Crippen molar-refractivity contribution in [2.75, 3.05) is 7.11 Å². The van der Waals surface area contributed by atoms with E-state index in [1.807, 2.05) is 12.1 Å². The lowest BCUT2D eigenvalue weighted by Gasteiger charge is -2.15. The zero-order chi connectivity index (χ0) is 14.0. The van der Waals surface area contributed by atoms with E-state index in [0.717, 1.165) is 9.13 Å². The Hall–Kier alpha value is -0.620. The van der Waals surface area contributed by atoms with Gasteiger partial charge in [0.1, 0.15) is 11.6 Å². The van der Waals surface area contributed by atoms with E-state index in [-0.39, 0.29) is 10.6 Å². The van der Waals surface area contributed by atoms with E-state index in [4.69, 9.17) is 4.74 Å². The largest absolute Gasteiger partial charge is 0.497 e. The van der Waals surface area contributed by atoms with E-state index in [2.05, 4.69) is 51.5 Å². The second-order valence-electron chi connectivity index (χ2n) is 4.23. The monoisotopic (exact) mass is 434 g/mol. The van der Waals surface area contributed by atoms with Crippen LogP contribution in [0.1, 0.15) is 21.5 Å². The third-order valence-corrected chi connectivity index (χ3v) is 5.44. The summed E-state index contributed by atoms with van der Waals surface area (Å²) in [6, 6.07) is 11.0. The predicted molar refractivity (Wildman–Crippen MR) is 87.6 cm³/mol. The smallest absolute Gasteiger partial charge is 0.131 e. The van der Waals surface area contributed by atoms with Gasteiger partial charge in [-0.25, -0.2) is 4.39 Å². The van der Waals surface area contributed by atoms with Gasteiger partial charge in [0.2, 0.25) is 0 Å². The molecule has 0 aliphatic rings. The molecule has 0 spiro atoms. The third-order valence-electron chi connectivity index (χ3n) is 2.98. The topological polar surface area (TPSA) is 9.23 Å². The fourth-order valence-electron chi connectivity index (χ4n) is 1.87. The first-order valence-corrected chi connectivity index (χ1v) is 7.76. The maximum absolute atomic E-state index is 14.1. The Balaban J connectivity index is 2.44. The van der Waals surface area contributed by atoms with Gasteiger partial charge in [-0.05, 0) is 46.7 Å². The van der Waals surface area contributed by atoms with Crippen LogP contribution >= 0.6 is 38.5 Å². The van der Waals surface area contributed by atoms with Crippen molar-refractivity contribution in [1.29, 1.82) is 0 Å². The van der Waals surface area contributed by atoms with Gasteiger partial charge in [0, 0.05) is 15.2 Å². The Morgan fingerprint density at radius 3 is 2.58 bits per heavy atom. The summed E-state index contributed by atoms with van der Waals surface area (Å²) in [5.41, 5.74) is 2.88. The van der Waals surface area contributed by atoms with Crippen LogP contribution in [0.3, 0.4) is 0 Å². The Kier molecular flexibility index (Phi) is 4.84. The molecule has 0 saturated carbocycles. The van der Waals surface area contributed by atoms with Crippen LogP contribution in [0.25, 0.3) is 0 Å². The number of halogens is 3. The van der Waals surface area contributed by atoms with Gasteiger partial charge in [0.05, 0.1) is 11.9 Å². The van der Waals surface area contributed by atoms with Gasteiger partial charge >= 0.3 is 0 Å². The molecule has 19 heavy (non-hydrogen) atoms. The molecule has 2 rings (SSSR count). The summed E-state index contributed by atoms with van der Waals surface area (Å²) in [5, 5.41) is 0. The van der Waals surface area contributed by atoms with Crippen molar-refractivity contribution in [3.05, 3.63) is 62.5 Å². The lowest BCUT2D eigenvalue weighted by atomic mass is 10.0. The minimum Gasteiger partial charge on any atom is -0.497 e. The highest BCUT2D eigenvalue weighted by Gasteiger charge is 2.18. The predicted octanol–water partition coefficient (Wildman–Crippen LogP) is 5.23. The highest BCUT2D eigenvalue weighted by molar-refractivity contribution is 14.1. The first kappa shape index (κ1) is 14.8. The molecule has 0 aliphatic carbocycles. The zero-order valence-corrected chi connectivity index (χ0v) is 14.3. The van der Waals surface area contributed by atoms with Gasteiger partial charge in [-0.15, -0.1) is 0 Å². The van der Waals surface area contributed by atoms with E-state index in [9.17, 15) is 4.39 Å². The maximum Gasteiger partial charge on any atom is 0.131 e. The standard InChI is InChI=1S/C15H13BrFIO/c1-9-4-3-5-12(15(9)18)14(16)11-7-6-10(19-2)8-13(11)17/h3-8,14H,1-2H3. The van der Waals surface area contributed by atoms with Gasteiger partial charge < -0.3 is 4.74 Å². The molecule has 1 atom stereocenters. The van der Waals surface area contributed by atoms with Crippen LogP contribution in [0, 0.1) is 16.3 Å². The molecule has 0 aromatic heterocycles. The van der Waals surface area contributed by atoms with Crippen LogP contribution in [0.4, 0.5) is 4.39 Å². The molecule has 0 radical (unpaired) electrons. The number of hydrogen-bond donors (Lipinski definition) is 0. The van der Waals surface area contributed by atoms with Crippen molar-refractivity contribution in [2.24, 2.45) is 0 Å². The normalized spacial score (nSPS) is 12.3. The zero-order valence-electron chi connectivity index (χ0n) is 10.6.